The van der Waals surface area contributed by atoms with Crippen molar-refractivity contribution in [3.8, 4) is 5.75 Å². The van der Waals surface area contributed by atoms with E-state index in [1.165, 1.54) is 5.56 Å². The van der Waals surface area contributed by atoms with Gasteiger partial charge in [-0.05, 0) is 30.5 Å². The molecule has 12 heteroatoms. The standard InChI is InChI=1S/C8H11NO.C6H3N3O7/c10-7-1-2-8-3-5-9-6-4-8;10-6-4(8(13)14)1-3(7(11)12)2-5(6)9(15)16/h3-6,10H,1-2,7H2;1-2,10H. The predicted octanol–water partition coefficient (Wildman–Crippen LogP) is 2.12. The maximum atomic E-state index is 10.4. The number of nitrogens with zero attached hydrogens (tertiary/aromatic N) is 4. The number of phenols is 1. The molecule has 1 heterocycles. The first-order valence-electron chi connectivity index (χ1n) is 7.07. The van der Waals surface area contributed by atoms with Crippen LogP contribution in [-0.2, 0) is 6.42 Å². The third-order valence-corrected chi connectivity index (χ3v) is 3.03. The van der Waals surface area contributed by atoms with Gasteiger partial charge < -0.3 is 10.2 Å². The van der Waals surface area contributed by atoms with Crippen molar-refractivity contribution in [2.24, 2.45) is 0 Å². The summed E-state index contributed by atoms with van der Waals surface area (Å²) in [6.07, 6.45) is 5.32. The lowest BCUT2D eigenvalue weighted by atomic mass is 10.1. The number of hydrogen-bond donors (Lipinski definition) is 2. The van der Waals surface area contributed by atoms with Gasteiger partial charge in [0.25, 0.3) is 11.4 Å². The molecule has 0 saturated carbocycles. The Morgan fingerprint density at radius 3 is 1.81 bits per heavy atom. The molecule has 2 rings (SSSR count). The third kappa shape index (κ3) is 5.76. The normalized spacial score (nSPS) is 9.73. The Balaban J connectivity index is 0.000000289. The van der Waals surface area contributed by atoms with E-state index >= 15 is 0 Å². The first-order chi connectivity index (χ1) is 12.3. The summed E-state index contributed by atoms with van der Waals surface area (Å²) in [6.45, 7) is 0.266. The van der Waals surface area contributed by atoms with E-state index in [1.807, 2.05) is 12.1 Å². The summed E-state index contributed by atoms with van der Waals surface area (Å²) in [4.78, 5) is 31.7. The quantitative estimate of drug-likeness (QED) is 0.571. The zero-order valence-electron chi connectivity index (χ0n) is 13.2. The van der Waals surface area contributed by atoms with Gasteiger partial charge in [0.2, 0.25) is 0 Å². The number of pyridine rings is 1. The molecule has 26 heavy (non-hydrogen) atoms. The molecular formula is C14H14N4O8. The Bertz CT molecular complexity index is 762. The van der Waals surface area contributed by atoms with Crippen molar-refractivity contribution in [1.82, 2.24) is 4.98 Å². The second kappa shape index (κ2) is 9.58. The SMILES string of the molecule is O=[N+]([O-])c1cc([N+](=O)[O-])c(O)c([N+](=O)[O-])c1.OCCCc1ccncc1. The van der Waals surface area contributed by atoms with Crippen LogP contribution in [0.15, 0.2) is 36.7 Å². The van der Waals surface area contributed by atoms with Crippen molar-refractivity contribution in [2.75, 3.05) is 6.61 Å². The number of benzene rings is 1. The number of aromatic nitrogens is 1. The molecule has 0 fully saturated rings. The number of hydrogen-bond acceptors (Lipinski definition) is 9. The Morgan fingerprint density at radius 2 is 1.42 bits per heavy atom. The van der Waals surface area contributed by atoms with E-state index < -0.39 is 37.6 Å². The number of aliphatic hydroxyl groups is 1. The number of rotatable bonds is 6. The molecule has 138 valence electrons. The summed E-state index contributed by atoms with van der Waals surface area (Å²) in [5, 5.41) is 48.7. The highest BCUT2D eigenvalue weighted by atomic mass is 16.6. The highest BCUT2D eigenvalue weighted by Gasteiger charge is 2.30. The summed E-state index contributed by atoms with van der Waals surface area (Å²) in [7, 11) is 0. The number of aromatic hydroxyl groups is 1. The lowest BCUT2D eigenvalue weighted by Gasteiger charge is -1.97. The summed E-state index contributed by atoms with van der Waals surface area (Å²) >= 11 is 0. The van der Waals surface area contributed by atoms with Crippen LogP contribution in [0.5, 0.6) is 5.75 Å². The summed E-state index contributed by atoms with van der Waals surface area (Å²) in [5.74, 6) is -1.21. The lowest BCUT2D eigenvalue weighted by Crippen LogP contribution is -1.97. The number of aliphatic hydroxyl groups excluding tert-OH is 1. The predicted molar refractivity (Wildman–Crippen MR) is 87.7 cm³/mol. The van der Waals surface area contributed by atoms with E-state index in [0.29, 0.717) is 12.1 Å². The van der Waals surface area contributed by atoms with E-state index in [0.717, 1.165) is 12.8 Å². The molecule has 0 spiro atoms. The van der Waals surface area contributed by atoms with Gasteiger partial charge in [-0.15, -0.1) is 0 Å². The lowest BCUT2D eigenvalue weighted by molar-refractivity contribution is -0.404. The van der Waals surface area contributed by atoms with Crippen molar-refractivity contribution in [1.29, 1.82) is 0 Å². The molecule has 1 aromatic carbocycles. The van der Waals surface area contributed by atoms with Crippen LogP contribution in [0.3, 0.4) is 0 Å². The molecule has 0 radical (unpaired) electrons. The van der Waals surface area contributed by atoms with E-state index in [-0.39, 0.29) is 6.61 Å². The van der Waals surface area contributed by atoms with E-state index in [2.05, 4.69) is 4.98 Å². The Labute approximate surface area is 145 Å². The highest BCUT2D eigenvalue weighted by Crippen LogP contribution is 2.38. The van der Waals surface area contributed by atoms with Crippen LogP contribution in [0, 0.1) is 30.3 Å². The van der Waals surface area contributed by atoms with Gasteiger partial charge in [0.05, 0.1) is 26.9 Å². The minimum absolute atomic E-state index is 0.266. The van der Waals surface area contributed by atoms with E-state index in [4.69, 9.17) is 10.2 Å². The van der Waals surface area contributed by atoms with Gasteiger partial charge in [0.1, 0.15) is 0 Å². The summed E-state index contributed by atoms with van der Waals surface area (Å²) in [5.41, 5.74) is -1.76. The number of aryl methyl sites for hydroxylation is 1. The van der Waals surface area contributed by atoms with E-state index in [9.17, 15) is 30.3 Å². The van der Waals surface area contributed by atoms with Gasteiger partial charge in [0, 0.05) is 19.0 Å². The van der Waals surface area contributed by atoms with Gasteiger partial charge in [-0.2, -0.15) is 0 Å². The van der Waals surface area contributed by atoms with Gasteiger partial charge in [-0.1, -0.05) is 0 Å². The van der Waals surface area contributed by atoms with Crippen LogP contribution in [0.1, 0.15) is 12.0 Å². The number of phenolic OH excluding ortho intramolecular Hbond substituents is 1. The average Bonchev–Trinajstić information content (AvgIpc) is 2.60. The molecule has 12 nitrogen and oxygen atoms in total. The molecule has 1 aromatic heterocycles. The molecule has 0 aliphatic rings. The largest absolute Gasteiger partial charge is 0.497 e. The fourth-order valence-electron chi connectivity index (χ4n) is 1.81. The van der Waals surface area contributed by atoms with Crippen LogP contribution in [0.2, 0.25) is 0 Å². The molecule has 0 aliphatic heterocycles. The van der Waals surface area contributed by atoms with Gasteiger partial charge in [-0.3, -0.25) is 35.3 Å². The maximum absolute atomic E-state index is 10.4. The fraction of sp³-hybridized carbons (Fsp3) is 0.214. The minimum atomic E-state index is -1.21. The summed E-state index contributed by atoms with van der Waals surface area (Å²) < 4.78 is 0. The van der Waals surface area contributed by atoms with Gasteiger partial charge in [0.15, 0.2) is 0 Å². The smallest absolute Gasteiger partial charge is 0.324 e. The average molecular weight is 366 g/mol. The summed E-state index contributed by atoms with van der Waals surface area (Å²) in [6, 6.07) is 4.83. The molecule has 0 amide bonds. The Kier molecular flexibility index (Phi) is 7.51. The van der Waals surface area contributed by atoms with Crippen LogP contribution in [-0.4, -0.2) is 36.6 Å². The fourth-order valence-corrected chi connectivity index (χ4v) is 1.81. The molecule has 0 atom stereocenters. The van der Waals surface area contributed by atoms with Crippen LogP contribution in [0.25, 0.3) is 0 Å². The molecular weight excluding hydrogens is 352 g/mol. The number of nitro groups is 3. The number of non-ortho nitro benzene ring substituents is 1. The first kappa shape index (κ1) is 20.4. The highest BCUT2D eigenvalue weighted by molar-refractivity contribution is 5.64. The topological polar surface area (TPSA) is 183 Å². The van der Waals surface area contributed by atoms with Crippen LogP contribution < -0.4 is 0 Å². The molecule has 0 aliphatic carbocycles. The van der Waals surface area contributed by atoms with Crippen molar-refractivity contribution < 1.29 is 25.0 Å². The molecule has 0 bridgehead atoms. The monoisotopic (exact) mass is 366 g/mol. The molecule has 2 N–H and O–H groups in total. The third-order valence-electron chi connectivity index (χ3n) is 3.03. The van der Waals surface area contributed by atoms with Crippen LogP contribution in [0.4, 0.5) is 17.1 Å². The molecule has 0 saturated heterocycles. The maximum Gasteiger partial charge on any atom is 0.324 e. The zero-order chi connectivity index (χ0) is 19.7. The van der Waals surface area contributed by atoms with Crippen LogP contribution >= 0.6 is 0 Å². The second-order valence-corrected chi connectivity index (χ2v) is 4.79. The molecule has 0 unspecified atom stereocenters. The van der Waals surface area contributed by atoms with E-state index in [1.54, 1.807) is 12.4 Å². The Hall–Kier alpha value is -3.67. The molecule has 2 aromatic rings. The van der Waals surface area contributed by atoms with Gasteiger partial charge in [-0.25, -0.2) is 0 Å². The van der Waals surface area contributed by atoms with Gasteiger partial charge >= 0.3 is 11.4 Å². The van der Waals surface area contributed by atoms with Crippen molar-refractivity contribution in [2.45, 2.75) is 12.8 Å². The minimum Gasteiger partial charge on any atom is -0.497 e. The first-order valence-corrected chi connectivity index (χ1v) is 7.07. The van der Waals surface area contributed by atoms with Crippen molar-refractivity contribution in [3.63, 3.8) is 0 Å². The van der Waals surface area contributed by atoms with Crippen molar-refractivity contribution >= 4 is 17.1 Å². The zero-order valence-corrected chi connectivity index (χ0v) is 13.2. The van der Waals surface area contributed by atoms with Crippen molar-refractivity contribution in [3.05, 3.63) is 72.6 Å². The number of nitro benzene ring substituents is 3. The second-order valence-electron chi connectivity index (χ2n) is 4.79. The Morgan fingerprint density at radius 1 is 0.923 bits per heavy atom.